The molecule has 0 bridgehead atoms. The van der Waals surface area contributed by atoms with E-state index in [1.807, 2.05) is 0 Å². The Morgan fingerprint density at radius 2 is 1.89 bits per heavy atom. The predicted octanol–water partition coefficient (Wildman–Crippen LogP) is 3.80. The van der Waals surface area contributed by atoms with E-state index in [4.69, 9.17) is 23.2 Å². The summed E-state index contributed by atoms with van der Waals surface area (Å²) in [5.41, 5.74) is 1.36. The lowest BCUT2D eigenvalue weighted by Crippen LogP contribution is -2.40. The van der Waals surface area contributed by atoms with Crippen molar-refractivity contribution < 1.29 is 14.4 Å². The van der Waals surface area contributed by atoms with Crippen molar-refractivity contribution >= 4 is 52.3 Å². The average Bonchev–Trinajstić information content (AvgIpc) is 3.09. The first-order chi connectivity index (χ1) is 13.0. The van der Waals surface area contributed by atoms with E-state index in [1.165, 1.54) is 0 Å². The Bertz CT molecular complexity index is 956. The zero-order chi connectivity index (χ0) is 19.1. The van der Waals surface area contributed by atoms with Crippen LogP contribution in [0, 0.1) is 0 Å². The molecule has 0 unspecified atom stereocenters. The van der Waals surface area contributed by atoms with Crippen LogP contribution in [0.2, 0.25) is 10.0 Å². The van der Waals surface area contributed by atoms with Crippen molar-refractivity contribution in [1.29, 1.82) is 0 Å². The number of halogens is 2. The summed E-state index contributed by atoms with van der Waals surface area (Å²) in [6, 6.07) is 9.14. The Morgan fingerprint density at radius 1 is 1.15 bits per heavy atom. The second-order valence-electron chi connectivity index (χ2n) is 6.46. The highest BCUT2D eigenvalue weighted by Crippen LogP contribution is 2.31. The number of hydrogen-bond donors (Lipinski definition) is 2. The van der Waals surface area contributed by atoms with Gasteiger partial charge in [-0.2, -0.15) is 0 Å². The van der Waals surface area contributed by atoms with Crippen LogP contribution in [0.1, 0.15) is 33.6 Å². The van der Waals surface area contributed by atoms with E-state index in [1.54, 1.807) is 41.3 Å². The highest BCUT2D eigenvalue weighted by Gasteiger charge is 2.38. The van der Waals surface area contributed by atoms with Crippen molar-refractivity contribution in [3.05, 3.63) is 57.6 Å². The van der Waals surface area contributed by atoms with Gasteiger partial charge in [0, 0.05) is 12.2 Å². The number of amides is 3. The molecule has 1 fully saturated rings. The third kappa shape index (κ3) is 3.15. The van der Waals surface area contributed by atoms with Crippen molar-refractivity contribution in [1.82, 2.24) is 4.90 Å². The lowest BCUT2D eigenvalue weighted by atomic mass is 10.1. The van der Waals surface area contributed by atoms with Crippen LogP contribution >= 0.6 is 23.2 Å². The molecule has 2 aliphatic rings. The monoisotopic (exact) mass is 403 g/mol. The first-order valence-corrected chi connectivity index (χ1v) is 9.22. The van der Waals surface area contributed by atoms with E-state index < -0.39 is 11.9 Å². The quantitative estimate of drug-likeness (QED) is 0.799. The summed E-state index contributed by atoms with van der Waals surface area (Å²) in [4.78, 5) is 39.3. The summed E-state index contributed by atoms with van der Waals surface area (Å²) in [7, 11) is 0. The largest absolute Gasteiger partial charge is 0.327 e. The third-order valence-corrected chi connectivity index (χ3v) is 5.40. The highest BCUT2D eigenvalue weighted by molar-refractivity contribution is 6.40. The molecule has 138 valence electrons. The average molecular weight is 404 g/mol. The van der Waals surface area contributed by atoms with Crippen molar-refractivity contribution in [3.8, 4) is 0 Å². The summed E-state index contributed by atoms with van der Waals surface area (Å²) >= 11 is 12.1. The molecule has 27 heavy (non-hydrogen) atoms. The summed E-state index contributed by atoms with van der Waals surface area (Å²) in [5, 5.41) is 5.98. The minimum Gasteiger partial charge on any atom is -0.327 e. The van der Waals surface area contributed by atoms with Gasteiger partial charge in [-0.05, 0) is 43.2 Å². The number of rotatable bonds is 2. The van der Waals surface area contributed by atoms with Gasteiger partial charge in [0.15, 0.2) is 0 Å². The van der Waals surface area contributed by atoms with Gasteiger partial charge in [0.05, 0.1) is 26.9 Å². The Labute approximate surface area is 165 Å². The number of nitrogens with zero attached hydrogens (tertiary/aromatic N) is 1. The maximum atomic E-state index is 12.9. The molecule has 8 heteroatoms. The Kier molecular flexibility index (Phi) is 4.53. The van der Waals surface area contributed by atoms with Crippen molar-refractivity contribution in [2.75, 3.05) is 17.2 Å². The minimum atomic E-state index is -0.477. The summed E-state index contributed by atoms with van der Waals surface area (Å²) < 4.78 is 0. The van der Waals surface area contributed by atoms with Crippen LogP contribution in [0.5, 0.6) is 0 Å². The molecular formula is C19H15Cl2N3O3. The second-order valence-corrected chi connectivity index (χ2v) is 7.27. The number of anilines is 2. The molecule has 2 aromatic carbocycles. The van der Waals surface area contributed by atoms with Gasteiger partial charge in [0.1, 0.15) is 6.04 Å². The summed E-state index contributed by atoms with van der Waals surface area (Å²) in [5.74, 6) is -0.883. The van der Waals surface area contributed by atoms with E-state index in [2.05, 4.69) is 10.6 Å². The van der Waals surface area contributed by atoms with Crippen LogP contribution in [-0.4, -0.2) is 35.2 Å². The number of fused-ring (bicyclic) bond motifs is 2. The van der Waals surface area contributed by atoms with Crippen molar-refractivity contribution in [2.24, 2.45) is 0 Å². The molecule has 4 rings (SSSR count). The Hall–Kier alpha value is -2.57. The summed E-state index contributed by atoms with van der Waals surface area (Å²) in [6.45, 7) is 0.544. The third-order valence-electron chi connectivity index (χ3n) is 4.77. The Morgan fingerprint density at radius 3 is 2.63 bits per heavy atom. The zero-order valence-electron chi connectivity index (χ0n) is 14.1. The number of hydrogen-bond acceptors (Lipinski definition) is 3. The molecule has 2 aliphatic heterocycles. The zero-order valence-corrected chi connectivity index (χ0v) is 15.6. The van der Waals surface area contributed by atoms with Crippen LogP contribution in [0.15, 0.2) is 36.4 Å². The fourth-order valence-electron chi connectivity index (χ4n) is 3.47. The molecule has 2 N–H and O–H groups in total. The number of benzene rings is 2. The smallest absolute Gasteiger partial charge is 0.258 e. The minimum absolute atomic E-state index is 0.162. The number of carbonyl (C=O) groups excluding carboxylic acids is 3. The van der Waals surface area contributed by atoms with Gasteiger partial charge in [0.25, 0.3) is 11.8 Å². The molecule has 3 amide bonds. The molecule has 6 nitrogen and oxygen atoms in total. The van der Waals surface area contributed by atoms with Crippen molar-refractivity contribution in [2.45, 2.75) is 18.9 Å². The fraction of sp³-hybridized carbons (Fsp3) is 0.211. The molecule has 1 saturated heterocycles. The van der Waals surface area contributed by atoms with Gasteiger partial charge in [0.2, 0.25) is 5.91 Å². The van der Waals surface area contributed by atoms with Gasteiger partial charge in [-0.15, -0.1) is 0 Å². The molecule has 0 spiro atoms. The maximum Gasteiger partial charge on any atom is 0.258 e. The van der Waals surface area contributed by atoms with Crippen LogP contribution in [-0.2, 0) is 4.79 Å². The molecule has 1 atom stereocenters. The SMILES string of the molecule is O=C(Nc1ccc2c(c1)C(=O)N1CCC[C@@H]1C(=O)N2)c1c(Cl)cccc1Cl. The lowest BCUT2D eigenvalue weighted by Gasteiger charge is -2.20. The second kappa shape index (κ2) is 6.87. The van der Waals surface area contributed by atoms with Gasteiger partial charge < -0.3 is 15.5 Å². The maximum absolute atomic E-state index is 12.9. The first-order valence-electron chi connectivity index (χ1n) is 8.47. The number of nitrogens with one attached hydrogen (secondary N) is 2. The van der Waals surface area contributed by atoms with Gasteiger partial charge in [-0.25, -0.2) is 0 Å². The van der Waals surface area contributed by atoms with Crippen LogP contribution in [0.4, 0.5) is 11.4 Å². The van der Waals surface area contributed by atoms with Gasteiger partial charge in [-0.3, -0.25) is 14.4 Å². The van der Waals surface area contributed by atoms with Crippen molar-refractivity contribution in [3.63, 3.8) is 0 Å². The molecular weight excluding hydrogens is 389 g/mol. The van der Waals surface area contributed by atoms with Crippen LogP contribution in [0.3, 0.4) is 0 Å². The summed E-state index contributed by atoms with van der Waals surface area (Å²) in [6.07, 6.45) is 1.45. The van der Waals surface area contributed by atoms with E-state index in [0.717, 1.165) is 6.42 Å². The predicted molar refractivity (Wildman–Crippen MR) is 104 cm³/mol. The molecule has 2 aromatic rings. The van der Waals surface area contributed by atoms with E-state index >= 15 is 0 Å². The number of carbonyl (C=O) groups is 3. The van der Waals surface area contributed by atoms with E-state index in [0.29, 0.717) is 29.9 Å². The molecule has 0 aliphatic carbocycles. The fourth-order valence-corrected chi connectivity index (χ4v) is 4.04. The van der Waals surface area contributed by atoms with Gasteiger partial charge >= 0.3 is 0 Å². The topological polar surface area (TPSA) is 78.5 Å². The molecule has 0 radical (unpaired) electrons. The van der Waals surface area contributed by atoms with E-state index in [-0.39, 0.29) is 27.4 Å². The molecule has 0 aromatic heterocycles. The standard InChI is InChI=1S/C19H15Cl2N3O3/c20-12-3-1-4-13(21)16(12)18(26)22-10-6-7-14-11(9-10)19(27)24-8-2-5-15(24)17(25)23-14/h1,3-4,6-7,9,15H,2,5,8H2,(H,22,26)(H,23,25)/t15-/m1/s1. The molecule has 2 heterocycles. The van der Waals surface area contributed by atoms with E-state index in [9.17, 15) is 14.4 Å². The lowest BCUT2D eigenvalue weighted by molar-refractivity contribution is -0.119. The molecule has 0 saturated carbocycles. The van der Waals surface area contributed by atoms with Crippen LogP contribution in [0.25, 0.3) is 0 Å². The van der Waals surface area contributed by atoms with Crippen LogP contribution < -0.4 is 10.6 Å². The Balaban J connectivity index is 1.65. The van der Waals surface area contributed by atoms with Gasteiger partial charge in [-0.1, -0.05) is 29.3 Å². The highest BCUT2D eigenvalue weighted by atomic mass is 35.5. The normalized spacial score (nSPS) is 18.4. The first kappa shape index (κ1) is 17.8.